The molecule has 0 aliphatic carbocycles. The van der Waals surface area contributed by atoms with E-state index in [9.17, 15) is 0 Å². The summed E-state index contributed by atoms with van der Waals surface area (Å²) >= 11 is 0. The lowest BCUT2D eigenvalue weighted by molar-refractivity contribution is 0.406. The minimum absolute atomic E-state index is 1.04. The van der Waals surface area contributed by atoms with Crippen LogP contribution < -0.4 is 4.74 Å². The number of hydrogen-bond acceptors (Lipinski definition) is 1. The van der Waals surface area contributed by atoms with Crippen molar-refractivity contribution in [1.82, 2.24) is 0 Å². The third kappa shape index (κ3) is 1.85. The van der Waals surface area contributed by atoms with E-state index in [0.717, 1.165) is 18.6 Å². The predicted molar refractivity (Wildman–Crippen MR) is 56.5 cm³/mol. The quantitative estimate of drug-likeness (QED) is 0.691. The average molecular weight is 178 g/mol. The minimum atomic E-state index is 1.04. The number of hydrogen-bond donors (Lipinski definition) is 0. The van der Waals surface area contributed by atoms with Crippen molar-refractivity contribution >= 4 is 0 Å². The summed E-state index contributed by atoms with van der Waals surface area (Å²) in [6.45, 7) is 6.47. The number of ether oxygens (including phenoxy) is 1. The highest BCUT2D eigenvalue weighted by Crippen LogP contribution is 2.26. The summed E-state index contributed by atoms with van der Waals surface area (Å²) in [5.41, 5.74) is 3.98. The van der Waals surface area contributed by atoms with E-state index in [-0.39, 0.29) is 0 Å². The molecule has 0 aliphatic heterocycles. The first-order valence-corrected chi connectivity index (χ1v) is 4.89. The zero-order valence-corrected chi connectivity index (χ0v) is 8.98. The Kier molecular flexibility index (Phi) is 3.35. The first-order valence-electron chi connectivity index (χ1n) is 4.89. The van der Waals surface area contributed by atoms with E-state index < -0.39 is 0 Å². The SMILES string of the molecule is CCc1ccc(CC)c(OC)c1C. The van der Waals surface area contributed by atoms with Gasteiger partial charge < -0.3 is 4.74 Å². The van der Waals surface area contributed by atoms with Crippen LogP contribution in [0.5, 0.6) is 5.75 Å². The van der Waals surface area contributed by atoms with Gasteiger partial charge in [0, 0.05) is 0 Å². The van der Waals surface area contributed by atoms with Crippen LogP contribution in [0.25, 0.3) is 0 Å². The van der Waals surface area contributed by atoms with Gasteiger partial charge >= 0.3 is 0 Å². The van der Waals surface area contributed by atoms with Crippen LogP contribution in [-0.2, 0) is 12.8 Å². The van der Waals surface area contributed by atoms with Gasteiger partial charge in [-0.2, -0.15) is 0 Å². The van der Waals surface area contributed by atoms with Crippen molar-refractivity contribution < 1.29 is 4.74 Å². The van der Waals surface area contributed by atoms with Gasteiger partial charge in [-0.15, -0.1) is 0 Å². The zero-order chi connectivity index (χ0) is 9.84. The van der Waals surface area contributed by atoms with E-state index in [1.807, 2.05) is 0 Å². The second-order valence-electron chi connectivity index (χ2n) is 3.25. The fourth-order valence-corrected chi connectivity index (χ4v) is 1.73. The Morgan fingerprint density at radius 2 is 1.62 bits per heavy atom. The summed E-state index contributed by atoms with van der Waals surface area (Å²) in [5.74, 6) is 1.07. The molecule has 1 rings (SSSR count). The molecule has 0 aromatic heterocycles. The molecule has 0 unspecified atom stereocenters. The molecule has 1 nitrogen and oxygen atoms in total. The summed E-state index contributed by atoms with van der Waals surface area (Å²) in [6.07, 6.45) is 2.11. The first-order chi connectivity index (χ1) is 6.24. The van der Waals surface area contributed by atoms with E-state index in [2.05, 4.69) is 32.9 Å². The van der Waals surface area contributed by atoms with E-state index >= 15 is 0 Å². The van der Waals surface area contributed by atoms with Crippen LogP contribution >= 0.6 is 0 Å². The molecule has 1 aromatic carbocycles. The molecule has 0 amide bonds. The second kappa shape index (κ2) is 4.31. The van der Waals surface area contributed by atoms with Crippen molar-refractivity contribution in [2.45, 2.75) is 33.6 Å². The Balaban J connectivity index is 3.23. The van der Waals surface area contributed by atoms with E-state index in [1.165, 1.54) is 16.7 Å². The van der Waals surface area contributed by atoms with Crippen LogP contribution in [0.2, 0.25) is 0 Å². The fraction of sp³-hybridized carbons (Fsp3) is 0.500. The normalized spacial score (nSPS) is 10.2. The van der Waals surface area contributed by atoms with Crippen LogP contribution in [0.3, 0.4) is 0 Å². The fourth-order valence-electron chi connectivity index (χ4n) is 1.73. The molecular formula is C12H18O. The number of benzene rings is 1. The highest BCUT2D eigenvalue weighted by molar-refractivity contribution is 5.45. The van der Waals surface area contributed by atoms with Crippen molar-refractivity contribution in [2.75, 3.05) is 7.11 Å². The molecule has 0 fully saturated rings. The molecule has 1 heteroatoms. The van der Waals surface area contributed by atoms with Gasteiger partial charge in [0.05, 0.1) is 7.11 Å². The number of aryl methyl sites for hydroxylation is 2. The Hall–Kier alpha value is -0.980. The summed E-state index contributed by atoms with van der Waals surface area (Å²) in [4.78, 5) is 0. The molecule has 72 valence electrons. The standard InChI is InChI=1S/C12H18O/c1-5-10-7-8-11(6-2)12(13-4)9(10)3/h7-8H,5-6H2,1-4H3. The summed E-state index contributed by atoms with van der Waals surface area (Å²) in [5, 5.41) is 0. The van der Waals surface area contributed by atoms with Crippen molar-refractivity contribution in [3.05, 3.63) is 28.8 Å². The van der Waals surface area contributed by atoms with Crippen molar-refractivity contribution in [1.29, 1.82) is 0 Å². The highest BCUT2D eigenvalue weighted by Gasteiger charge is 2.07. The molecule has 0 heterocycles. The Labute approximate surface area is 80.7 Å². The Bertz CT molecular complexity index is 289. The minimum Gasteiger partial charge on any atom is -0.496 e. The maximum absolute atomic E-state index is 5.41. The lowest BCUT2D eigenvalue weighted by Gasteiger charge is -2.13. The van der Waals surface area contributed by atoms with Gasteiger partial charge in [-0.3, -0.25) is 0 Å². The molecule has 1 aromatic rings. The molecule has 0 aliphatic rings. The topological polar surface area (TPSA) is 9.23 Å². The van der Waals surface area contributed by atoms with Crippen LogP contribution in [0.1, 0.15) is 30.5 Å². The molecule has 0 saturated carbocycles. The van der Waals surface area contributed by atoms with Crippen LogP contribution in [0, 0.1) is 6.92 Å². The van der Waals surface area contributed by atoms with Crippen molar-refractivity contribution in [3.63, 3.8) is 0 Å². The molecule has 0 bridgehead atoms. The van der Waals surface area contributed by atoms with Gasteiger partial charge in [-0.1, -0.05) is 26.0 Å². The molecule has 0 radical (unpaired) electrons. The summed E-state index contributed by atoms with van der Waals surface area (Å²) < 4.78 is 5.41. The third-order valence-corrected chi connectivity index (χ3v) is 2.57. The molecule has 0 saturated heterocycles. The highest BCUT2D eigenvalue weighted by atomic mass is 16.5. The average Bonchev–Trinajstić information content (AvgIpc) is 2.17. The summed E-state index contributed by atoms with van der Waals surface area (Å²) in [6, 6.07) is 4.38. The third-order valence-electron chi connectivity index (χ3n) is 2.57. The van der Waals surface area contributed by atoms with E-state index in [4.69, 9.17) is 4.74 Å². The van der Waals surface area contributed by atoms with Crippen molar-refractivity contribution in [3.8, 4) is 5.75 Å². The largest absolute Gasteiger partial charge is 0.496 e. The van der Waals surface area contributed by atoms with E-state index in [0.29, 0.717) is 0 Å². The van der Waals surface area contributed by atoms with E-state index in [1.54, 1.807) is 7.11 Å². The van der Waals surface area contributed by atoms with Gasteiger partial charge in [0.15, 0.2) is 0 Å². The number of rotatable bonds is 3. The maximum atomic E-state index is 5.41. The molecule has 13 heavy (non-hydrogen) atoms. The lowest BCUT2D eigenvalue weighted by Crippen LogP contribution is -1.97. The Morgan fingerprint density at radius 3 is 2.08 bits per heavy atom. The van der Waals surface area contributed by atoms with Gasteiger partial charge in [-0.25, -0.2) is 0 Å². The molecule has 0 atom stereocenters. The van der Waals surface area contributed by atoms with Crippen LogP contribution in [-0.4, -0.2) is 7.11 Å². The van der Waals surface area contributed by atoms with Gasteiger partial charge in [-0.05, 0) is 36.5 Å². The van der Waals surface area contributed by atoms with Crippen LogP contribution in [0.4, 0.5) is 0 Å². The van der Waals surface area contributed by atoms with Gasteiger partial charge in [0.25, 0.3) is 0 Å². The zero-order valence-electron chi connectivity index (χ0n) is 8.98. The Morgan fingerprint density at radius 1 is 1.08 bits per heavy atom. The monoisotopic (exact) mass is 178 g/mol. The van der Waals surface area contributed by atoms with Crippen LogP contribution in [0.15, 0.2) is 12.1 Å². The summed E-state index contributed by atoms with van der Waals surface area (Å²) in [7, 11) is 1.75. The lowest BCUT2D eigenvalue weighted by atomic mass is 10.0. The van der Waals surface area contributed by atoms with Crippen molar-refractivity contribution in [2.24, 2.45) is 0 Å². The molecule has 0 N–H and O–H groups in total. The number of methoxy groups -OCH3 is 1. The predicted octanol–water partition coefficient (Wildman–Crippen LogP) is 3.13. The first kappa shape index (κ1) is 10.1. The molecular weight excluding hydrogens is 160 g/mol. The van der Waals surface area contributed by atoms with Gasteiger partial charge in [0.1, 0.15) is 5.75 Å². The molecule has 0 spiro atoms. The maximum Gasteiger partial charge on any atom is 0.125 e. The van der Waals surface area contributed by atoms with Gasteiger partial charge in [0.2, 0.25) is 0 Å². The second-order valence-corrected chi connectivity index (χ2v) is 3.25. The smallest absolute Gasteiger partial charge is 0.125 e.